The van der Waals surface area contributed by atoms with Crippen LogP contribution in [0.2, 0.25) is 13.1 Å². The summed E-state index contributed by atoms with van der Waals surface area (Å²) >= 11 is 0. The Morgan fingerprint density at radius 3 is 2.67 bits per heavy atom. The molecular weight excluding hydrogens is 438 g/mol. The zero-order valence-electron chi connectivity index (χ0n) is 19.6. The molecule has 10 heteroatoms. The number of benzene rings is 1. The van der Waals surface area contributed by atoms with Gasteiger partial charge in [0.05, 0.1) is 24.6 Å². The fraction of sp³-hybridized carbons (Fsp3) is 0.478. The van der Waals surface area contributed by atoms with Crippen LogP contribution in [0.3, 0.4) is 0 Å². The predicted molar refractivity (Wildman–Crippen MR) is 126 cm³/mol. The van der Waals surface area contributed by atoms with Crippen molar-refractivity contribution in [2.75, 3.05) is 11.9 Å². The lowest BCUT2D eigenvalue weighted by Crippen LogP contribution is -2.45. The number of hydrogen-bond donors (Lipinski definition) is 2. The number of fused-ring (bicyclic) bond motifs is 1. The van der Waals surface area contributed by atoms with Crippen LogP contribution in [0.1, 0.15) is 37.6 Å². The molecule has 2 aromatic heterocycles. The molecule has 0 bridgehead atoms. The highest BCUT2D eigenvalue weighted by Gasteiger charge is 2.51. The smallest absolute Gasteiger partial charge is 0.256 e. The Kier molecular flexibility index (Phi) is 6.36. The Morgan fingerprint density at radius 1 is 1.27 bits per heavy atom. The molecule has 1 fully saturated rings. The molecule has 3 atom stereocenters. The molecule has 1 amide bonds. The van der Waals surface area contributed by atoms with Crippen LogP contribution in [-0.2, 0) is 14.8 Å². The van der Waals surface area contributed by atoms with Crippen LogP contribution in [0, 0.1) is 0 Å². The largest absolute Gasteiger partial charge is 0.390 e. The van der Waals surface area contributed by atoms with Crippen LogP contribution in [0.5, 0.6) is 0 Å². The first-order valence-electron chi connectivity index (χ1n) is 11.0. The molecule has 3 aromatic rings. The van der Waals surface area contributed by atoms with Gasteiger partial charge < -0.3 is 19.9 Å². The fourth-order valence-corrected chi connectivity index (χ4v) is 5.60. The molecule has 2 N–H and O–H groups in total. The molecule has 3 heterocycles. The molecule has 0 unspecified atom stereocenters. The van der Waals surface area contributed by atoms with E-state index in [4.69, 9.17) is 9.47 Å². The molecule has 9 nitrogen and oxygen atoms in total. The maximum Gasteiger partial charge on any atom is 0.256 e. The quantitative estimate of drug-likeness (QED) is 0.535. The Balaban J connectivity index is 1.66. The van der Waals surface area contributed by atoms with E-state index in [1.54, 1.807) is 30.6 Å². The van der Waals surface area contributed by atoms with E-state index < -0.39 is 26.4 Å². The van der Waals surface area contributed by atoms with Crippen LogP contribution >= 0.6 is 0 Å². The van der Waals surface area contributed by atoms with E-state index in [1.807, 2.05) is 31.4 Å². The van der Waals surface area contributed by atoms with E-state index in [1.165, 1.54) is 6.33 Å². The lowest BCUT2D eigenvalue weighted by atomic mass is 10.1. The molecule has 4 rings (SSSR count). The van der Waals surface area contributed by atoms with E-state index in [2.05, 4.69) is 33.4 Å². The number of ether oxygens (including phenoxy) is 2. The highest BCUT2D eigenvalue weighted by molar-refractivity contribution is 6.58. The number of hydrogen-bond acceptors (Lipinski definition) is 7. The van der Waals surface area contributed by atoms with Crippen molar-refractivity contribution in [1.29, 1.82) is 0 Å². The number of aliphatic hydroxyl groups excluding tert-OH is 1. The summed E-state index contributed by atoms with van der Waals surface area (Å²) in [6, 6.07) is 8.93. The van der Waals surface area contributed by atoms with Gasteiger partial charge in [-0.3, -0.25) is 9.36 Å². The van der Waals surface area contributed by atoms with E-state index in [9.17, 15) is 9.90 Å². The van der Waals surface area contributed by atoms with Crippen LogP contribution < -0.4 is 5.32 Å². The third-order valence-corrected chi connectivity index (χ3v) is 7.84. The number of carbonyl (C=O) groups excluding carboxylic acids is 1. The van der Waals surface area contributed by atoms with Crippen molar-refractivity contribution in [2.45, 2.75) is 63.4 Å². The minimum atomic E-state index is -1.14. The number of imidazole rings is 1. The lowest BCUT2D eigenvalue weighted by molar-refractivity contribution is -0.112. The highest BCUT2D eigenvalue weighted by atomic mass is 28.3. The van der Waals surface area contributed by atoms with Crippen LogP contribution in [0.4, 0.5) is 5.82 Å². The summed E-state index contributed by atoms with van der Waals surface area (Å²) in [6.45, 7) is 10.5. The lowest BCUT2D eigenvalue weighted by Gasteiger charge is -2.34. The van der Waals surface area contributed by atoms with Gasteiger partial charge in [0.1, 0.15) is 26.6 Å². The van der Waals surface area contributed by atoms with E-state index in [0.717, 1.165) is 0 Å². The molecule has 0 spiro atoms. The van der Waals surface area contributed by atoms with E-state index in [-0.39, 0.29) is 11.5 Å². The number of amides is 1. The minimum absolute atomic E-state index is 0.275. The maximum atomic E-state index is 12.7. The number of aromatic nitrogens is 4. The van der Waals surface area contributed by atoms with Crippen molar-refractivity contribution in [3.8, 4) is 0 Å². The zero-order valence-corrected chi connectivity index (χ0v) is 20.6. The van der Waals surface area contributed by atoms with Gasteiger partial charge >= 0.3 is 0 Å². The first kappa shape index (κ1) is 23.5. The van der Waals surface area contributed by atoms with Gasteiger partial charge in [0, 0.05) is 12.0 Å². The molecule has 1 aliphatic rings. The Hall–Kier alpha value is -2.66. The number of nitrogens with zero attached hydrogens (tertiary/aromatic N) is 4. The molecule has 33 heavy (non-hydrogen) atoms. The number of aliphatic hydroxyl groups is 1. The number of anilines is 1. The van der Waals surface area contributed by atoms with Crippen molar-refractivity contribution in [3.05, 3.63) is 48.5 Å². The van der Waals surface area contributed by atoms with Gasteiger partial charge in [-0.2, -0.15) is 0 Å². The first-order chi connectivity index (χ1) is 15.6. The molecule has 0 saturated carbocycles. The molecule has 0 aliphatic carbocycles. The molecule has 1 aliphatic heterocycles. The number of rotatable bonds is 6. The van der Waals surface area contributed by atoms with Crippen LogP contribution in [0.15, 0.2) is 43.0 Å². The molecule has 1 aromatic carbocycles. The zero-order chi connectivity index (χ0) is 23.8. The minimum Gasteiger partial charge on any atom is -0.390 e. The second kappa shape index (κ2) is 8.94. The van der Waals surface area contributed by atoms with Gasteiger partial charge in [-0.1, -0.05) is 31.3 Å². The third kappa shape index (κ3) is 4.69. The van der Waals surface area contributed by atoms with E-state index in [0.29, 0.717) is 35.6 Å². The Bertz CT molecular complexity index is 1130. The number of nitrogens with one attached hydrogen (secondary N) is 1. The van der Waals surface area contributed by atoms with Gasteiger partial charge in [-0.25, -0.2) is 15.0 Å². The fourth-order valence-electron chi connectivity index (χ4n) is 3.95. The first-order valence-corrected chi connectivity index (χ1v) is 13.5. The summed E-state index contributed by atoms with van der Waals surface area (Å²) in [7, 11) is -1.14. The second-order valence-corrected chi connectivity index (χ2v) is 12.2. The maximum absolute atomic E-state index is 12.7. The monoisotopic (exact) mass is 468 g/mol. The van der Waals surface area contributed by atoms with Crippen LogP contribution in [0.25, 0.3) is 11.2 Å². The Morgan fingerprint density at radius 2 is 2.00 bits per heavy atom. The summed E-state index contributed by atoms with van der Waals surface area (Å²) in [4.78, 5) is 25.9. The van der Waals surface area contributed by atoms with Crippen molar-refractivity contribution >= 4 is 31.7 Å². The van der Waals surface area contributed by atoms with Gasteiger partial charge in [0.25, 0.3) is 5.91 Å². The molecular formula is C23H30N5O4Si. The highest BCUT2D eigenvalue weighted by Crippen LogP contribution is 2.40. The predicted octanol–water partition coefficient (Wildman–Crippen LogP) is 2.99. The topological polar surface area (TPSA) is 111 Å². The summed E-state index contributed by atoms with van der Waals surface area (Å²) in [5.41, 5.74) is 1.21. The van der Waals surface area contributed by atoms with E-state index >= 15 is 0 Å². The second-order valence-electron chi connectivity index (χ2n) is 9.46. The third-order valence-electron chi connectivity index (χ3n) is 5.71. The van der Waals surface area contributed by atoms with Gasteiger partial charge in [-0.05, 0) is 32.9 Å². The summed E-state index contributed by atoms with van der Waals surface area (Å²) in [6.07, 6.45) is 2.34. The van der Waals surface area contributed by atoms with Crippen molar-refractivity contribution < 1.29 is 19.4 Å². The van der Waals surface area contributed by atoms with Crippen molar-refractivity contribution in [1.82, 2.24) is 19.5 Å². The van der Waals surface area contributed by atoms with Gasteiger partial charge in [0.15, 0.2) is 17.0 Å². The number of carbonyl (C=O) groups is 1. The molecule has 1 saturated heterocycles. The summed E-state index contributed by atoms with van der Waals surface area (Å²) in [5, 5.41) is 12.9. The van der Waals surface area contributed by atoms with Crippen molar-refractivity contribution in [2.24, 2.45) is 0 Å². The van der Waals surface area contributed by atoms with Gasteiger partial charge in [-0.15, -0.1) is 0 Å². The average Bonchev–Trinajstić information content (AvgIpc) is 3.35. The van der Waals surface area contributed by atoms with Gasteiger partial charge in [0.2, 0.25) is 0 Å². The van der Waals surface area contributed by atoms with Crippen molar-refractivity contribution in [3.63, 3.8) is 0 Å². The average molecular weight is 469 g/mol. The SMILES string of the molecule is C[Si](C)[C@]1(n2cnc3c(NC(=O)c4ccccc4)ncnc32)C[C@H](O)[C@H](COC(C)(C)C)O1. The summed E-state index contributed by atoms with van der Waals surface area (Å²) in [5.74, 6) is 0.0532. The summed E-state index contributed by atoms with van der Waals surface area (Å²) < 4.78 is 14.3. The molecule has 175 valence electrons. The normalized spacial score (nSPS) is 23.4. The Labute approximate surface area is 194 Å². The molecule has 1 radical (unpaired) electrons. The standard InChI is InChI=1S/C23H30N5O4Si/c1-22(2,3)31-12-17-16(29)11-23(32-17,33(4)5)28-14-26-18-19(24-13-25-20(18)28)27-21(30)15-9-7-6-8-10-15/h6-10,13-14,16-17,29H,11-12H2,1-5H3,(H,24,25,27,30)/t16-,17-,23-/m0/s1. The van der Waals surface area contributed by atoms with Crippen LogP contribution in [-0.4, -0.2) is 63.7 Å².